The Bertz CT molecular complexity index is 1570. The van der Waals surface area contributed by atoms with E-state index in [-0.39, 0.29) is 5.91 Å². The van der Waals surface area contributed by atoms with Crippen LogP contribution in [0.15, 0.2) is 59.0 Å². The zero-order valence-electron chi connectivity index (χ0n) is 18.0. The highest BCUT2D eigenvalue weighted by Crippen LogP contribution is 2.34. The van der Waals surface area contributed by atoms with Crippen LogP contribution in [0.4, 0.5) is 5.69 Å². The first-order valence-electron chi connectivity index (χ1n) is 10.2. The summed E-state index contributed by atoms with van der Waals surface area (Å²) in [4.78, 5) is 13.3. The van der Waals surface area contributed by atoms with Crippen LogP contribution < -0.4 is 5.32 Å². The van der Waals surface area contributed by atoms with Crippen molar-refractivity contribution in [3.8, 4) is 21.9 Å². The summed E-state index contributed by atoms with van der Waals surface area (Å²) < 4.78 is 7.51. The molecule has 0 radical (unpaired) electrons. The van der Waals surface area contributed by atoms with Crippen LogP contribution in [0.1, 0.15) is 17.1 Å². The predicted octanol–water partition coefficient (Wildman–Crippen LogP) is 6.69. The highest BCUT2D eigenvalue weighted by atomic mass is 35.5. The molecule has 10 heteroatoms. The first-order valence-corrected chi connectivity index (χ1v) is 11.8. The number of benzene rings is 2. The van der Waals surface area contributed by atoms with Gasteiger partial charge >= 0.3 is 0 Å². The summed E-state index contributed by atoms with van der Waals surface area (Å²) in [6.07, 6.45) is 3.02. The minimum atomic E-state index is -0.284. The fourth-order valence-electron chi connectivity index (χ4n) is 3.33. The van der Waals surface area contributed by atoms with Crippen molar-refractivity contribution in [2.75, 3.05) is 5.32 Å². The lowest BCUT2D eigenvalue weighted by atomic mass is 10.1. The van der Waals surface area contributed by atoms with Crippen molar-refractivity contribution in [3.05, 3.63) is 81.8 Å². The second kappa shape index (κ2) is 9.06. The highest BCUT2D eigenvalue weighted by molar-refractivity contribution is 7.19. The van der Waals surface area contributed by atoms with E-state index in [0.29, 0.717) is 32.8 Å². The van der Waals surface area contributed by atoms with Crippen molar-refractivity contribution in [3.63, 3.8) is 0 Å². The number of nitrogens with zero attached hydrogens (tertiary/aromatic N) is 4. The fourth-order valence-corrected chi connectivity index (χ4v) is 4.61. The molecular formula is C24H17Cl2N5O2S. The van der Waals surface area contributed by atoms with Gasteiger partial charge in [0.15, 0.2) is 5.82 Å². The van der Waals surface area contributed by atoms with Gasteiger partial charge in [-0.2, -0.15) is 9.61 Å². The third kappa shape index (κ3) is 4.35. The van der Waals surface area contributed by atoms with Gasteiger partial charge in [0.1, 0.15) is 16.5 Å². The number of carbonyl (C=O) groups excluding carboxylic acids is 1. The topological polar surface area (TPSA) is 85.3 Å². The number of fused-ring (bicyclic) bond motifs is 1. The number of halogens is 2. The van der Waals surface area contributed by atoms with Crippen LogP contribution in [0.3, 0.4) is 0 Å². The molecule has 0 atom stereocenters. The molecule has 0 aliphatic rings. The maximum atomic E-state index is 12.6. The Kier molecular flexibility index (Phi) is 5.95. The zero-order valence-corrected chi connectivity index (χ0v) is 20.4. The molecule has 0 fully saturated rings. The van der Waals surface area contributed by atoms with Crippen molar-refractivity contribution in [1.82, 2.24) is 19.8 Å². The number of hydrogen-bond donors (Lipinski definition) is 1. The number of furan rings is 1. The molecule has 3 aromatic heterocycles. The number of hydrogen-bond acceptors (Lipinski definition) is 6. The normalized spacial score (nSPS) is 11.5. The van der Waals surface area contributed by atoms with Gasteiger partial charge in [-0.05, 0) is 55.8 Å². The van der Waals surface area contributed by atoms with E-state index in [1.807, 2.05) is 38.1 Å². The molecule has 7 nitrogen and oxygen atoms in total. The van der Waals surface area contributed by atoms with Crippen LogP contribution in [0.5, 0.6) is 0 Å². The van der Waals surface area contributed by atoms with Crippen LogP contribution in [-0.2, 0) is 4.79 Å². The second-order valence-corrected chi connectivity index (χ2v) is 9.25. The molecule has 1 N–H and O–H groups in total. The van der Waals surface area contributed by atoms with Crippen molar-refractivity contribution in [2.45, 2.75) is 13.8 Å². The maximum absolute atomic E-state index is 12.6. The summed E-state index contributed by atoms with van der Waals surface area (Å²) >= 11 is 13.8. The van der Waals surface area contributed by atoms with Crippen molar-refractivity contribution < 1.29 is 9.21 Å². The summed E-state index contributed by atoms with van der Waals surface area (Å²) in [7, 11) is 0. The Labute approximate surface area is 208 Å². The van der Waals surface area contributed by atoms with Gasteiger partial charge in [0.25, 0.3) is 0 Å². The Balaban J connectivity index is 1.32. The second-order valence-electron chi connectivity index (χ2n) is 7.50. The number of anilines is 1. The highest BCUT2D eigenvalue weighted by Gasteiger charge is 2.13. The molecule has 2 aromatic carbocycles. The maximum Gasteiger partial charge on any atom is 0.248 e. The first-order chi connectivity index (χ1) is 16.4. The molecular weight excluding hydrogens is 493 g/mol. The Morgan fingerprint density at radius 2 is 1.97 bits per heavy atom. The molecule has 0 aliphatic carbocycles. The van der Waals surface area contributed by atoms with Crippen LogP contribution >= 0.6 is 34.5 Å². The van der Waals surface area contributed by atoms with Gasteiger partial charge < -0.3 is 9.73 Å². The molecule has 3 heterocycles. The van der Waals surface area contributed by atoms with Gasteiger partial charge in [-0.15, -0.1) is 10.2 Å². The van der Waals surface area contributed by atoms with E-state index in [2.05, 4.69) is 20.6 Å². The number of aryl methyl sites for hydroxylation is 2. The van der Waals surface area contributed by atoms with Crippen molar-refractivity contribution in [1.29, 1.82) is 0 Å². The lowest BCUT2D eigenvalue weighted by Gasteiger charge is -2.08. The van der Waals surface area contributed by atoms with Gasteiger partial charge in [-0.1, -0.05) is 52.7 Å². The Hall–Kier alpha value is -3.46. The fraction of sp³-hybridized carbons (Fsp3) is 0.0833. The average Bonchev–Trinajstić information content (AvgIpc) is 3.54. The minimum absolute atomic E-state index is 0.284. The molecule has 0 unspecified atom stereocenters. The predicted molar refractivity (Wildman–Crippen MR) is 135 cm³/mol. The number of aromatic nitrogens is 4. The van der Waals surface area contributed by atoms with Gasteiger partial charge in [0, 0.05) is 22.9 Å². The van der Waals surface area contributed by atoms with Crippen LogP contribution in [0.2, 0.25) is 10.0 Å². The lowest BCUT2D eigenvalue weighted by Crippen LogP contribution is -2.09. The molecule has 5 rings (SSSR count). The van der Waals surface area contributed by atoms with E-state index in [0.717, 1.165) is 26.9 Å². The lowest BCUT2D eigenvalue weighted by molar-refractivity contribution is -0.111. The molecule has 170 valence electrons. The van der Waals surface area contributed by atoms with E-state index in [1.54, 1.807) is 34.9 Å². The van der Waals surface area contributed by atoms with E-state index in [1.165, 1.54) is 17.4 Å². The van der Waals surface area contributed by atoms with Gasteiger partial charge in [-0.25, -0.2) is 0 Å². The standard InChI is InChI=1S/C24H17Cl2N5O2S/c1-13-6-7-15(23-30-31-14(2)28-29-24(31)34-23)12-19(13)27-21(32)11-9-16-8-10-20(33-16)17-4-3-5-18(25)22(17)26/h3-12H,1-2H3,(H,27,32). The molecule has 5 aromatic rings. The Morgan fingerprint density at radius 3 is 2.79 bits per heavy atom. The quantitative estimate of drug-likeness (QED) is 0.266. The van der Waals surface area contributed by atoms with Crippen molar-refractivity contribution in [2.24, 2.45) is 0 Å². The van der Waals surface area contributed by atoms with Crippen LogP contribution in [-0.4, -0.2) is 25.7 Å². The monoisotopic (exact) mass is 509 g/mol. The van der Waals surface area contributed by atoms with E-state index in [4.69, 9.17) is 27.6 Å². The van der Waals surface area contributed by atoms with Gasteiger partial charge in [0.2, 0.25) is 10.9 Å². The molecule has 0 saturated heterocycles. The van der Waals surface area contributed by atoms with E-state index < -0.39 is 0 Å². The van der Waals surface area contributed by atoms with Gasteiger partial charge in [0.05, 0.1) is 10.0 Å². The minimum Gasteiger partial charge on any atom is -0.457 e. The molecule has 34 heavy (non-hydrogen) atoms. The summed E-state index contributed by atoms with van der Waals surface area (Å²) in [5.41, 5.74) is 3.20. The third-order valence-corrected chi connectivity index (χ3v) is 6.90. The third-order valence-electron chi connectivity index (χ3n) is 5.13. The largest absolute Gasteiger partial charge is 0.457 e. The number of rotatable bonds is 5. The molecule has 0 aliphatic heterocycles. The number of amides is 1. The molecule has 0 saturated carbocycles. The number of carbonyl (C=O) groups is 1. The summed E-state index contributed by atoms with van der Waals surface area (Å²) in [6.45, 7) is 3.78. The average molecular weight is 510 g/mol. The smallest absolute Gasteiger partial charge is 0.248 e. The summed E-state index contributed by atoms with van der Waals surface area (Å²) in [6, 6.07) is 14.7. The summed E-state index contributed by atoms with van der Waals surface area (Å²) in [5, 5.41) is 17.3. The number of nitrogens with one attached hydrogen (secondary N) is 1. The van der Waals surface area contributed by atoms with Crippen molar-refractivity contribution >= 4 is 57.2 Å². The van der Waals surface area contributed by atoms with Gasteiger partial charge in [-0.3, -0.25) is 4.79 Å². The van der Waals surface area contributed by atoms with Crippen LogP contribution in [0.25, 0.3) is 32.9 Å². The molecule has 0 bridgehead atoms. The van der Waals surface area contributed by atoms with E-state index >= 15 is 0 Å². The molecule has 1 amide bonds. The van der Waals surface area contributed by atoms with Crippen LogP contribution in [0, 0.1) is 13.8 Å². The van der Waals surface area contributed by atoms with E-state index in [9.17, 15) is 4.79 Å². The SMILES string of the molecule is Cc1ccc(-c2nn3c(C)nnc3s2)cc1NC(=O)C=Cc1ccc(-c2cccc(Cl)c2Cl)o1. The zero-order chi connectivity index (χ0) is 23.8. The first kappa shape index (κ1) is 22.3. The Morgan fingerprint density at radius 1 is 1.12 bits per heavy atom. The molecule has 0 spiro atoms. The summed E-state index contributed by atoms with van der Waals surface area (Å²) in [5.74, 6) is 1.52.